The number of benzene rings is 2. The lowest BCUT2D eigenvalue weighted by molar-refractivity contribution is -0.250. The zero-order valence-corrected chi connectivity index (χ0v) is 18.5. The Labute approximate surface area is 187 Å². The van der Waals surface area contributed by atoms with E-state index < -0.39 is 42.9 Å². The van der Waals surface area contributed by atoms with Gasteiger partial charge in [0, 0.05) is 11.6 Å². The largest absolute Gasteiger partial charge is 0.394 e. The second-order valence-corrected chi connectivity index (χ2v) is 9.23. The van der Waals surface area contributed by atoms with Crippen molar-refractivity contribution in [2.75, 3.05) is 6.61 Å². The summed E-state index contributed by atoms with van der Waals surface area (Å²) < 4.78 is 7.58. The lowest BCUT2D eigenvalue weighted by Gasteiger charge is -2.40. The lowest BCUT2D eigenvalue weighted by atomic mass is 9.95. The van der Waals surface area contributed by atoms with E-state index in [1.165, 1.54) is 0 Å². The van der Waals surface area contributed by atoms with Crippen LogP contribution in [0.1, 0.15) is 42.3 Å². The molecular weight excluding hydrogens is 410 g/mol. The van der Waals surface area contributed by atoms with Crippen LogP contribution in [0.3, 0.4) is 0 Å². The van der Waals surface area contributed by atoms with Crippen LogP contribution < -0.4 is 0 Å². The Hall–Kier alpha value is -2.26. The van der Waals surface area contributed by atoms with Crippen LogP contribution in [0, 0.1) is 6.92 Å². The minimum Gasteiger partial charge on any atom is -0.394 e. The van der Waals surface area contributed by atoms with Crippen molar-refractivity contribution in [1.29, 1.82) is 0 Å². The van der Waals surface area contributed by atoms with Crippen molar-refractivity contribution in [2.45, 2.75) is 63.4 Å². The molecule has 0 radical (unpaired) electrons. The molecule has 0 aliphatic carbocycles. The van der Waals surface area contributed by atoms with E-state index in [4.69, 9.17) is 4.74 Å². The zero-order chi connectivity index (χ0) is 23.2. The van der Waals surface area contributed by atoms with Gasteiger partial charge in [0.1, 0.15) is 24.4 Å². The third-order valence-electron chi connectivity index (χ3n) is 6.27. The summed E-state index contributed by atoms with van der Waals surface area (Å²) in [7, 11) is 0. The van der Waals surface area contributed by atoms with E-state index in [-0.39, 0.29) is 0 Å². The standard InChI is InChI=1S/C25H31NO6/c1-14-4-9-18-16(11-15-5-7-17(8-6-15)25(2,3)31)12-26(19(18)10-14)24-23(30)22(29)21(28)20(13-27)32-24/h4-10,12,20-24,27-31H,11,13H2,1-3H3/t20-,21-,22+,23-,24-/m1/s1. The van der Waals surface area contributed by atoms with Crippen molar-refractivity contribution in [3.8, 4) is 0 Å². The Balaban J connectivity index is 1.73. The van der Waals surface area contributed by atoms with Gasteiger partial charge in [0.25, 0.3) is 0 Å². The molecular formula is C25H31NO6. The summed E-state index contributed by atoms with van der Waals surface area (Å²) in [5.74, 6) is 0. The maximum Gasteiger partial charge on any atom is 0.163 e. The highest BCUT2D eigenvalue weighted by atomic mass is 16.6. The molecule has 172 valence electrons. The average molecular weight is 442 g/mol. The van der Waals surface area contributed by atoms with Gasteiger partial charge < -0.3 is 34.8 Å². The molecule has 1 aliphatic rings. The van der Waals surface area contributed by atoms with Gasteiger partial charge in [-0.25, -0.2) is 0 Å². The van der Waals surface area contributed by atoms with Gasteiger partial charge in [-0.1, -0.05) is 36.4 Å². The molecule has 1 aromatic heterocycles. The lowest BCUT2D eigenvalue weighted by Crippen LogP contribution is -2.56. The zero-order valence-electron chi connectivity index (χ0n) is 18.5. The third kappa shape index (κ3) is 4.20. The van der Waals surface area contributed by atoms with Crippen molar-refractivity contribution >= 4 is 10.9 Å². The van der Waals surface area contributed by atoms with Crippen LogP contribution in [0.2, 0.25) is 0 Å². The monoisotopic (exact) mass is 441 g/mol. The van der Waals surface area contributed by atoms with Gasteiger partial charge >= 0.3 is 0 Å². The topological polar surface area (TPSA) is 115 Å². The Kier molecular flexibility index (Phi) is 6.15. The first kappa shape index (κ1) is 22.9. The highest BCUT2D eigenvalue weighted by Gasteiger charge is 2.44. The average Bonchev–Trinajstić information content (AvgIpc) is 3.09. The molecule has 0 saturated carbocycles. The van der Waals surface area contributed by atoms with Gasteiger partial charge in [-0.2, -0.15) is 0 Å². The highest BCUT2D eigenvalue weighted by Crippen LogP contribution is 2.34. The number of aryl methyl sites for hydroxylation is 1. The van der Waals surface area contributed by atoms with Gasteiger partial charge in [0.05, 0.1) is 17.7 Å². The predicted molar refractivity (Wildman–Crippen MR) is 120 cm³/mol. The molecule has 32 heavy (non-hydrogen) atoms. The number of aliphatic hydroxyl groups excluding tert-OH is 4. The third-order valence-corrected chi connectivity index (χ3v) is 6.27. The number of aromatic nitrogens is 1. The van der Waals surface area contributed by atoms with Crippen LogP contribution in [-0.4, -0.2) is 61.1 Å². The number of ether oxygens (including phenoxy) is 1. The van der Waals surface area contributed by atoms with Crippen molar-refractivity contribution < 1.29 is 30.3 Å². The normalized spacial score (nSPS) is 26.6. The Morgan fingerprint density at radius 3 is 2.28 bits per heavy atom. The summed E-state index contributed by atoms with van der Waals surface area (Å²) in [4.78, 5) is 0. The van der Waals surface area contributed by atoms with E-state index in [0.717, 1.165) is 33.2 Å². The SMILES string of the molecule is Cc1ccc2c(Cc3ccc(C(C)(C)O)cc3)cn([C@@H]3O[C@H](CO)[C@@H](O)[C@H](O)[C@H]3O)c2c1. The van der Waals surface area contributed by atoms with E-state index in [1.54, 1.807) is 18.4 Å². The maximum atomic E-state index is 10.6. The minimum absolute atomic E-state index is 0.472. The fourth-order valence-electron chi connectivity index (χ4n) is 4.35. The van der Waals surface area contributed by atoms with Crippen LogP contribution >= 0.6 is 0 Å². The highest BCUT2D eigenvalue weighted by molar-refractivity contribution is 5.85. The molecule has 3 aromatic rings. The van der Waals surface area contributed by atoms with E-state index in [1.807, 2.05) is 55.6 Å². The molecule has 5 N–H and O–H groups in total. The Morgan fingerprint density at radius 1 is 0.969 bits per heavy atom. The molecule has 0 unspecified atom stereocenters. The quantitative estimate of drug-likeness (QED) is 0.412. The second kappa shape index (κ2) is 8.59. The van der Waals surface area contributed by atoms with Gasteiger partial charge in [0.2, 0.25) is 0 Å². The number of hydrogen-bond donors (Lipinski definition) is 5. The van der Waals surface area contributed by atoms with Crippen LogP contribution in [0.15, 0.2) is 48.7 Å². The first-order valence-electron chi connectivity index (χ1n) is 10.8. The summed E-state index contributed by atoms with van der Waals surface area (Å²) in [5.41, 5.74) is 3.86. The molecule has 1 fully saturated rings. The van der Waals surface area contributed by atoms with Crippen molar-refractivity contribution in [3.63, 3.8) is 0 Å². The molecule has 1 aliphatic heterocycles. The number of aliphatic hydroxyl groups is 5. The summed E-state index contributed by atoms with van der Waals surface area (Å²) in [5, 5.41) is 51.8. The molecule has 0 amide bonds. The molecule has 5 atom stereocenters. The molecule has 2 heterocycles. The Morgan fingerprint density at radius 2 is 1.66 bits per heavy atom. The van der Waals surface area contributed by atoms with E-state index in [0.29, 0.717) is 6.42 Å². The number of nitrogens with zero attached hydrogens (tertiary/aromatic N) is 1. The fourth-order valence-corrected chi connectivity index (χ4v) is 4.35. The van der Waals surface area contributed by atoms with Crippen molar-refractivity contribution in [1.82, 2.24) is 4.57 Å². The first-order valence-corrected chi connectivity index (χ1v) is 10.8. The van der Waals surface area contributed by atoms with Crippen LogP contribution in [0.4, 0.5) is 0 Å². The Bertz CT molecular complexity index is 1080. The molecule has 0 bridgehead atoms. The van der Waals surface area contributed by atoms with Crippen LogP contribution in [0.5, 0.6) is 0 Å². The van der Waals surface area contributed by atoms with Gasteiger partial charge in [-0.3, -0.25) is 0 Å². The van der Waals surface area contributed by atoms with Gasteiger partial charge in [-0.15, -0.1) is 0 Å². The first-order chi connectivity index (χ1) is 15.1. The smallest absolute Gasteiger partial charge is 0.163 e. The summed E-state index contributed by atoms with van der Waals surface area (Å²) in [6.07, 6.45) is -3.62. The van der Waals surface area contributed by atoms with E-state index in [9.17, 15) is 25.5 Å². The van der Waals surface area contributed by atoms with E-state index >= 15 is 0 Å². The van der Waals surface area contributed by atoms with E-state index in [2.05, 4.69) is 0 Å². The van der Waals surface area contributed by atoms with Crippen molar-refractivity contribution in [3.05, 3.63) is 70.9 Å². The molecule has 7 heteroatoms. The van der Waals surface area contributed by atoms with Gasteiger partial charge in [-0.05, 0) is 55.5 Å². The molecule has 7 nitrogen and oxygen atoms in total. The molecule has 0 spiro atoms. The van der Waals surface area contributed by atoms with Gasteiger partial charge in [0.15, 0.2) is 6.23 Å². The van der Waals surface area contributed by atoms with Crippen LogP contribution in [-0.2, 0) is 16.8 Å². The number of rotatable bonds is 5. The molecule has 2 aromatic carbocycles. The van der Waals surface area contributed by atoms with Crippen LogP contribution in [0.25, 0.3) is 10.9 Å². The minimum atomic E-state index is -1.44. The predicted octanol–water partition coefficient (Wildman–Crippen LogP) is 1.74. The fraction of sp³-hybridized carbons (Fsp3) is 0.440. The number of fused-ring (bicyclic) bond motifs is 1. The summed E-state index contributed by atoms with van der Waals surface area (Å²) in [6.45, 7) is 5.00. The summed E-state index contributed by atoms with van der Waals surface area (Å²) >= 11 is 0. The molecule has 1 saturated heterocycles. The van der Waals surface area contributed by atoms with Crippen molar-refractivity contribution in [2.24, 2.45) is 0 Å². The summed E-state index contributed by atoms with van der Waals surface area (Å²) in [6, 6.07) is 13.8. The molecule has 4 rings (SSSR count). The maximum absolute atomic E-state index is 10.6. The number of hydrogen-bond acceptors (Lipinski definition) is 6. The second-order valence-electron chi connectivity index (χ2n) is 9.23.